The summed E-state index contributed by atoms with van der Waals surface area (Å²) in [5.74, 6) is -0.192. The maximum atomic E-state index is 11.9. The topological polar surface area (TPSA) is 65.1 Å². The maximum Gasteiger partial charge on any atom is 0.267 e. The molecule has 1 unspecified atom stereocenters. The molecule has 0 radical (unpaired) electrons. The minimum atomic E-state index is -0.479. The third-order valence-corrected chi connectivity index (χ3v) is 3.44. The molecule has 0 aliphatic carbocycles. The molecule has 1 aromatic heterocycles. The third-order valence-electron chi connectivity index (χ3n) is 2.95. The lowest BCUT2D eigenvalue weighted by atomic mass is 10.2. The van der Waals surface area contributed by atoms with Gasteiger partial charge in [-0.2, -0.15) is 0 Å². The molecule has 4 nitrogen and oxygen atoms in total. The van der Waals surface area contributed by atoms with Crippen molar-refractivity contribution in [2.45, 2.75) is 25.9 Å². The van der Waals surface area contributed by atoms with Crippen molar-refractivity contribution in [2.24, 2.45) is 0 Å². The fourth-order valence-corrected chi connectivity index (χ4v) is 2.35. The van der Waals surface area contributed by atoms with Gasteiger partial charge in [-0.05, 0) is 30.7 Å². The normalized spacial score (nSPS) is 12.6. The van der Waals surface area contributed by atoms with E-state index in [1.165, 1.54) is 0 Å². The van der Waals surface area contributed by atoms with Crippen LogP contribution in [0.25, 0.3) is 10.9 Å². The number of carbonyl (C=O) groups is 1. The van der Waals surface area contributed by atoms with Gasteiger partial charge >= 0.3 is 0 Å². The first-order valence-electron chi connectivity index (χ1n) is 6.34. The minimum absolute atomic E-state index is 0.192. The van der Waals surface area contributed by atoms with Gasteiger partial charge in [0.1, 0.15) is 5.69 Å². The van der Waals surface area contributed by atoms with Crippen molar-refractivity contribution in [1.29, 1.82) is 0 Å². The zero-order valence-electron chi connectivity index (χ0n) is 10.7. The van der Waals surface area contributed by atoms with Crippen LogP contribution in [0.3, 0.4) is 0 Å². The monoisotopic (exact) mass is 324 g/mol. The second-order valence-corrected chi connectivity index (χ2v) is 5.48. The van der Waals surface area contributed by atoms with Crippen LogP contribution >= 0.6 is 15.9 Å². The molecule has 0 saturated heterocycles. The first-order chi connectivity index (χ1) is 9.10. The van der Waals surface area contributed by atoms with Gasteiger partial charge in [-0.15, -0.1) is 0 Å². The van der Waals surface area contributed by atoms with Crippen LogP contribution in [-0.4, -0.2) is 28.6 Å². The van der Waals surface area contributed by atoms with Gasteiger partial charge in [0.15, 0.2) is 0 Å². The second-order valence-electron chi connectivity index (χ2n) is 4.57. The lowest BCUT2D eigenvalue weighted by Gasteiger charge is -2.09. The van der Waals surface area contributed by atoms with Crippen LogP contribution < -0.4 is 5.32 Å². The Bertz CT molecular complexity index is 580. The smallest absolute Gasteiger partial charge is 0.267 e. The number of fused-ring (bicyclic) bond motifs is 1. The Morgan fingerprint density at radius 3 is 3.00 bits per heavy atom. The van der Waals surface area contributed by atoms with Crippen molar-refractivity contribution < 1.29 is 9.90 Å². The Hall–Kier alpha value is -1.33. The average molecular weight is 325 g/mol. The third kappa shape index (κ3) is 3.58. The number of hydrogen-bond donors (Lipinski definition) is 3. The molecular weight excluding hydrogens is 308 g/mol. The van der Waals surface area contributed by atoms with E-state index < -0.39 is 6.10 Å². The van der Waals surface area contributed by atoms with E-state index in [9.17, 15) is 9.90 Å². The van der Waals surface area contributed by atoms with E-state index in [4.69, 9.17) is 0 Å². The van der Waals surface area contributed by atoms with Crippen molar-refractivity contribution in [3.8, 4) is 0 Å². The van der Waals surface area contributed by atoms with Gasteiger partial charge in [0.25, 0.3) is 5.91 Å². The predicted molar refractivity (Wildman–Crippen MR) is 79.2 cm³/mol. The average Bonchev–Trinajstić information content (AvgIpc) is 2.79. The molecule has 2 aromatic rings. The first kappa shape index (κ1) is 14.1. The number of benzene rings is 1. The fourth-order valence-electron chi connectivity index (χ4n) is 1.97. The number of H-pyrrole nitrogens is 1. The number of hydrogen-bond acceptors (Lipinski definition) is 2. The Balaban J connectivity index is 2.05. The highest BCUT2D eigenvalue weighted by atomic mass is 79.9. The molecule has 2 rings (SSSR count). The number of aromatic nitrogens is 1. The zero-order chi connectivity index (χ0) is 13.8. The number of aliphatic hydroxyl groups is 1. The Morgan fingerprint density at radius 2 is 2.26 bits per heavy atom. The van der Waals surface area contributed by atoms with E-state index in [0.29, 0.717) is 12.1 Å². The van der Waals surface area contributed by atoms with Crippen LogP contribution in [0.4, 0.5) is 0 Å². The van der Waals surface area contributed by atoms with E-state index in [1.54, 1.807) is 0 Å². The van der Waals surface area contributed by atoms with Crippen molar-refractivity contribution in [3.05, 3.63) is 34.4 Å². The van der Waals surface area contributed by atoms with E-state index in [2.05, 4.69) is 26.2 Å². The van der Waals surface area contributed by atoms with Gasteiger partial charge < -0.3 is 15.4 Å². The summed E-state index contributed by atoms with van der Waals surface area (Å²) in [6.45, 7) is 2.28. The van der Waals surface area contributed by atoms with Crippen LogP contribution in [0.5, 0.6) is 0 Å². The number of rotatable bonds is 5. The zero-order valence-corrected chi connectivity index (χ0v) is 12.3. The highest BCUT2D eigenvalue weighted by molar-refractivity contribution is 9.10. The summed E-state index contributed by atoms with van der Waals surface area (Å²) in [6, 6.07) is 7.60. The largest absolute Gasteiger partial charge is 0.391 e. The molecule has 0 spiro atoms. The standard InChI is InChI=1S/C14H17BrN2O2/c1-2-3-11(18)8-16-14(19)13-7-9-6-10(15)4-5-12(9)17-13/h4-7,11,17-18H,2-3,8H2,1H3,(H,16,19). The van der Waals surface area contributed by atoms with E-state index in [0.717, 1.165) is 21.8 Å². The van der Waals surface area contributed by atoms with E-state index in [1.807, 2.05) is 31.2 Å². The molecule has 1 aromatic carbocycles. The molecule has 1 heterocycles. The summed E-state index contributed by atoms with van der Waals surface area (Å²) in [5.41, 5.74) is 1.43. The van der Waals surface area contributed by atoms with Crippen molar-refractivity contribution in [1.82, 2.24) is 10.3 Å². The van der Waals surface area contributed by atoms with E-state index >= 15 is 0 Å². The molecule has 0 aliphatic heterocycles. The molecular formula is C14H17BrN2O2. The molecule has 3 N–H and O–H groups in total. The summed E-state index contributed by atoms with van der Waals surface area (Å²) in [7, 11) is 0. The number of carbonyl (C=O) groups excluding carboxylic acids is 1. The summed E-state index contributed by atoms with van der Waals surface area (Å²) in [4.78, 5) is 15.0. The number of aromatic amines is 1. The molecule has 5 heteroatoms. The summed E-state index contributed by atoms with van der Waals surface area (Å²) < 4.78 is 0.976. The van der Waals surface area contributed by atoms with Crippen LogP contribution in [-0.2, 0) is 0 Å². The van der Waals surface area contributed by atoms with Crippen LogP contribution in [0.1, 0.15) is 30.3 Å². The predicted octanol–water partition coefficient (Wildman–Crippen LogP) is 2.82. The van der Waals surface area contributed by atoms with Crippen molar-refractivity contribution in [2.75, 3.05) is 6.54 Å². The molecule has 0 aliphatic rings. The fraction of sp³-hybridized carbons (Fsp3) is 0.357. The van der Waals surface area contributed by atoms with Crippen LogP contribution in [0.15, 0.2) is 28.7 Å². The highest BCUT2D eigenvalue weighted by Crippen LogP contribution is 2.20. The number of aliphatic hydroxyl groups excluding tert-OH is 1. The summed E-state index contributed by atoms with van der Waals surface area (Å²) in [5, 5.41) is 13.3. The lowest BCUT2D eigenvalue weighted by molar-refractivity contribution is 0.0906. The van der Waals surface area contributed by atoms with Gasteiger partial charge in [-0.1, -0.05) is 29.3 Å². The first-order valence-corrected chi connectivity index (χ1v) is 7.14. The molecule has 0 fully saturated rings. The number of nitrogens with one attached hydrogen (secondary N) is 2. The van der Waals surface area contributed by atoms with Gasteiger partial charge in [-0.25, -0.2) is 0 Å². The minimum Gasteiger partial charge on any atom is -0.391 e. The van der Waals surface area contributed by atoms with Gasteiger partial charge in [-0.3, -0.25) is 4.79 Å². The molecule has 102 valence electrons. The molecule has 19 heavy (non-hydrogen) atoms. The molecule has 0 saturated carbocycles. The Kier molecular flexibility index (Phi) is 4.61. The van der Waals surface area contributed by atoms with E-state index in [-0.39, 0.29) is 12.5 Å². The van der Waals surface area contributed by atoms with Gasteiger partial charge in [0.2, 0.25) is 0 Å². The number of amides is 1. The van der Waals surface area contributed by atoms with Gasteiger partial charge in [0.05, 0.1) is 6.10 Å². The molecule has 1 atom stereocenters. The Morgan fingerprint density at radius 1 is 1.47 bits per heavy atom. The van der Waals surface area contributed by atoms with Crippen molar-refractivity contribution in [3.63, 3.8) is 0 Å². The SMILES string of the molecule is CCCC(O)CNC(=O)c1cc2cc(Br)ccc2[nH]1. The van der Waals surface area contributed by atoms with Crippen LogP contribution in [0, 0.1) is 0 Å². The summed E-state index contributed by atoms with van der Waals surface area (Å²) in [6.07, 6.45) is 1.12. The molecule has 1 amide bonds. The van der Waals surface area contributed by atoms with Gasteiger partial charge in [0, 0.05) is 21.9 Å². The maximum absolute atomic E-state index is 11.9. The molecule has 0 bridgehead atoms. The lowest BCUT2D eigenvalue weighted by Crippen LogP contribution is -2.32. The Labute approximate surface area is 120 Å². The van der Waals surface area contributed by atoms with Crippen LogP contribution in [0.2, 0.25) is 0 Å². The van der Waals surface area contributed by atoms with Crippen molar-refractivity contribution >= 4 is 32.7 Å². The second kappa shape index (κ2) is 6.21. The number of halogens is 1. The summed E-state index contributed by atoms with van der Waals surface area (Å²) >= 11 is 3.40. The highest BCUT2D eigenvalue weighted by Gasteiger charge is 2.11. The quantitative estimate of drug-likeness (QED) is 0.791.